The highest BCUT2D eigenvalue weighted by atomic mass is 16.6. The molecule has 0 aromatic heterocycles. The molecule has 0 unspecified atom stereocenters. The van der Waals surface area contributed by atoms with Crippen molar-refractivity contribution in [1.29, 1.82) is 0 Å². The van der Waals surface area contributed by atoms with Gasteiger partial charge in [-0.2, -0.15) is 0 Å². The quantitative estimate of drug-likeness (QED) is 0.404. The van der Waals surface area contributed by atoms with Crippen LogP contribution in [0.3, 0.4) is 0 Å². The van der Waals surface area contributed by atoms with Crippen molar-refractivity contribution in [2.75, 3.05) is 0 Å². The largest absolute Gasteiger partial charge is 0.273 e. The molecule has 3 nitrogen and oxygen atoms in total. The first-order valence-electron chi connectivity index (χ1n) is 4.00. The zero-order valence-electron chi connectivity index (χ0n) is 7.49. The van der Waals surface area contributed by atoms with Crippen molar-refractivity contribution in [2.24, 2.45) is 0 Å². The molecule has 0 amide bonds. The van der Waals surface area contributed by atoms with Crippen molar-refractivity contribution in [1.82, 2.24) is 0 Å². The Hall–Kier alpha value is -1.64. The Labute approximate surface area is 76.9 Å². The second-order valence-corrected chi connectivity index (χ2v) is 2.88. The molecule has 0 saturated heterocycles. The van der Waals surface area contributed by atoms with Gasteiger partial charge in [0.05, 0.1) is 4.92 Å². The molecule has 0 fully saturated rings. The van der Waals surface area contributed by atoms with Crippen LogP contribution in [-0.4, -0.2) is 4.92 Å². The summed E-state index contributed by atoms with van der Waals surface area (Å²) in [7, 11) is 0. The number of allylic oxidation sites excluding steroid dienone is 1. The summed E-state index contributed by atoms with van der Waals surface area (Å²) >= 11 is 0. The van der Waals surface area contributed by atoms with Gasteiger partial charge in [0.1, 0.15) is 0 Å². The van der Waals surface area contributed by atoms with E-state index in [1.54, 1.807) is 18.2 Å². The number of nitro benzene ring substituents is 1. The fourth-order valence-electron chi connectivity index (χ4n) is 1.17. The molecule has 1 aromatic carbocycles. The summed E-state index contributed by atoms with van der Waals surface area (Å²) in [6, 6.07) is 5.22. The van der Waals surface area contributed by atoms with Gasteiger partial charge < -0.3 is 0 Å². The molecular weight excluding hydrogens is 166 g/mol. The Kier molecular flexibility index (Phi) is 2.80. The van der Waals surface area contributed by atoms with Gasteiger partial charge in [-0.25, -0.2) is 0 Å². The first kappa shape index (κ1) is 9.45. The van der Waals surface area contributed by atoms with Crippen molar-refractivity contribution < 1.29 is 4.92 Å². The van der Waals surface area contributed by atoms with Gasteiger partial charge >= 0.3 is 0 Å². The molecule has 0 aliphatic carbocycles. The first-order chi connectivity index (χ1) is 6.15. The highest BCUT2D eigenvalue weighted by Crippen LogP contribution is 2.20. The molecular formula is C10H11NO2. The van der Waals surface area contributed by atoms with Crippen molar-refractivity contribution in [3.8, 4) is 0 Å². The van der Waals surface area contributed by atoms with Crippen LogP contribution in [0.4, 0.5) is 5.69 Å². The second-order valence-electron chi connectivity index (χ2n) is 2.88. The summed E-state index contributed by atoms with van der Waals surface area (Å²) in [6.07, 6.45) is 2.20. The number of aryl methyl sites for hydroxylation is 1. The zero-order valence-corrected chi connectivity index (χ0v) is 7.49. The maximum atomic E-state index is 10.6. The summed E-state index contributed by atoms with van der Waals surface area (Å²) in [5, 5.41) is 10.6. The fraction of sp³-hybridized carbons (Fsp3) is 0.200. The van der Waals surface area contributed by atoms with Crippen LogP contribution in [0.15, 0.2) is 30.9 Å². The summed E-state index contributed by atoms with van der Waals surface area (Å²) in [5.41, 5.74) is 1.80. The summed E-state index contributed by atoms with van der Waals surface area (Å²) < 4.78 is 0. The van der Waals surface area contributed by atoms with E-state index < -0.39 is 0 Å². The minimum atomic E-state index is -0.355. The average molecular weight is 177 g/mol. The van der Waals surface area contributed by atoms with E-state index in [-0.39, 0.29) is 10.6 Å². The zero-order chi connectivity index (χ0) is 9.84. The number of nitro groups is 1. The SMILES string of the molecule is C=CCc1ccc(C)cc1[N+](=O)[O-]. The first-order valence-corrected chi connectivity index (χ1v) is 4.00. The van der Waals surface area contributed by atoms with Crippen LogP contribution in [0.25, 0.3) is 0 Å². The van der Waals surface area contributed by atoms with Crippen LogP contribution in [0, 0.1) is 17.0 Å². The molecule has 68 valence electrons. The number of hydrogen-bond donors (Lipinski definition) is 0. The lowest BCUT2D eigenvalue weighted by Gasteiger charge is -2.00. The lowest BCUT2D eigenvalue weighted by molar-refractivity contribution is -0.385. The number of nitrogens with zero attached hydrogens (tertiary/aromatic N) is 1. The van der Waals surface area contributed by atoms with E-state index >= 15 is 0 Å². The predicted molar refractivity (Wildman–Crippen MR) is 51.7 cm³/mol. The molecule has 0 atom stereocenters. The molecule has 1 aromatic rings. The van der Waals surface area contributed by atoms with Crippen LogP contribution >= 0.6 is 0 Å². The fourth-order valence-corrected chi connectivity index (χ4v) is 1.17. The standard InChI is InChI=1S/C10H11NO2/c1-3-4-9-6-5-8(2)7-10(9)11(12)13/h3,5-7H,1,4H2,2H3. The summed E-state index contributed by atoms with van der Waals surface area (Å²) in [6.45, 7) is 5.39. The van der Waals surface area contributed by atoms with E-state index in [1.165, 1.54) is 0 Å². The third-order valence-electron chi connectivity index (χ3n) is 1.80. The molecule has 0 saturated carbocycles. The topological polar surface area (TPSA) is 43.1 Å². The molecule has 13 heavy (non-hydrogen) atoms. The van der Waals surface area contributed by atoms with Gasteiger partial charge in [0.15, 0.2) is 0 Å². The minimum absolute atomic E-state index is 0.180. The van der Waals surface area contributed by atoms with Gasteiger partial charge in [0.2, 0.25) is 0 Å². The number of benzene rings is 1. The van der Waals surface area contributed by atoms with Crippen LogP contribution in [0.1, 0.15) is 11.1 Å². The Morgan fingerprint density at radius 2 is 2.31 bits per heavy atom. The van der Waals surface area contributed by atoms with Crippen LogP contribution in [0.5, 0.6) is 0 Å². The van der Waals surface area contributed by atoms with Gasteiger partial charge in [-0.15, -0.1) is 6.58 Å². The van der Waals surface area contributed by atoms with E-state index in [0.29, 0.717) is 12.0 Å². The van der Waals surface area contributed by atoms with Crippen LogP contribution < -0.4 is 0 Å². The molecule has 0 spiro atoms. The Morgan fingerprint density at radius 3 is 2.85 bits per heavy atom. The average Bonchev–Trinajstić information content (AvgIpc) is 2.08. The van der Waals surface area contributed by atoms with Crippen molar-refractivity contribution >= 4 is 5.69 Å². The van der Waals surface area contributed by atoms with Gasteiger partial charge in [0, 0.05) is 11.6 Å². The lowest BCUT2D eigenvalue weighted by atomic mass is 10.1. The highest BCUT2D eigenvalue weighted by molar-refractivity contribution is 5.43. The highest BCUT2D eigenvalue weighted by Gasteiger charge is 2.11. The molecule has 0 bridgehead atoms. The molecule has 0 N–H and O–H groups in total. The van der Waals surface area contributed by atoms with Crippen molar-refractivity contribution in [2.45, 2.75) is 13.3 Å². The molecule has 0 aliphatic rings. The Bertz CT molecular complexity index is 345. The number of rotatable bonds is 3. The van der Waals surface area contributed by atoms with Crippen molar-refractivity contribution in [3.63, 3.8) is 0 Å². The third-order valence-corrected chi connectivity index (χ3v) is 1.80. The van der Waals surface area contributed by atoms with E-state index in [4.69, 9.17) is 0 Å². The Balaban J connectivity index is 3.17. The predicted octanol–water partition coefficient (Wildman–Crippen LogP) is 2.63. The van der Waals surface area contributed by atoms with E-state index in [2.05, 4.69) is 6.58 Å². The van der Waals surface area contributed by atoms with Gasteiger partial charge in [-0.1, -0.05) is 18.2 Å². The molecule has 0 aliphatic heterocycles. The smallest absolute Gasteiger partial charge is 0.258 e. The second kappa shape index (κ2) is 3.85. The van der Waals surface area contributed by atoms with Crippen LogP contribution in [0.2, 0.25) is 0 Å². The normalized spacial score (nSPS) is 9.62. The molecule has 3 heteroatoms. The van der Waals surface area contributed by atoms with Gasteiger partial charge in [-0.05, 0) is 18.9 Å². The molecule has 0 heterocycles. The Morgan fingerprint density at radius 1 is 1.62 bits per heavy atom. The molecule has 0 radical (unpaired) electrons. The van der Waals surface area contributed by atoms with E-state index in [1.807, 2.05) is 13.0 Å². The summed E-state index contributed by atoms with van der Waals surface area (Å²) in [5.74, 6) is 0. The monoisotopic (exact) mass is 177 g/mol. The maximum absolute atomic E-state index is 10.6. The van der Waals surface area contributed by atoms with Crippen molar-refractivity contribution in [3.05, 3.63) is 52.1 Å². The van der Waals surface area contributed by atoms with Gasteiger partial charge in [0.25, 0.3) is 5.69 Å². The van der Waals surface area contributed by atoms with Gasteiger partial charge in [-0.3, -0.25) is 10.1 Å². The summed E-state index contributed by atoms with van der Waals surface area (Å²) in [4.78, 5) is 10.3. The van der Waals surface area contributed by atoms with E-state index in [9.17, 15) is 10.1 Å². The third kappa shape index (κ3) is 2.15. The van der Waals surface area contributed by atoms with Crippen LogP contribution in [-0.2, 0) is 6.42 Å². The number of hydrogen-bond acceptors (Lipinski definition) is 2. The van der Waals surface area contributed by atoms with E-state index in [0.717, 1.165) is 5.56 Å². The molecule has 1 rings (SSSR count). The maximum Gasteiger partial charge on any atom is 0.273 e. The minimum Gasteiger partial charge on any atom is -0.258 e. The lowest BCUT2D eigenvalue weighted by Crippen LogP contribution is -1.94.